The van der Waals surface area contributed by atoms with Crippen LogP contribution in [0.3, 0.4) is 0 Å². The summed E-state index contributed by atoms with van der Waals surface area (Å²) < 4.78 is 0. The first-order valence-electron chi connectivity index (χ1n) is 10.8. The quantitative estimate of drug-likeness (QED) is 0.468. The number of benzene rings is 2. The third-order valence-electron chi connectivity index (χ3n) is 6.34. The number of aromatic amines is 1. The molecule has 1 aromatic heterocycles. The van der Waals surface area contributed by atoms with Crippen molar-refractivity contribution in [1.29, 1.82) is 0 Å². The van der Waals surface area contributed by atoms with E-state index >= 15 is 0 Å². The number of amides is 2. The van der Waals surface area contributed by atoms with Crippen LogP contribution in [0.1, 0.15) is 80.8 Å². The lowest BCUT2D eigenvalue weighted by molar-refractivity contribution is 0.0991. The minimum Gasteiger partial charge on any atom is -0.366 e. The molecule has 0 saturated carbocycles. The number of hydrogen-bond donors (Lipinski definition) is 4. The highest BCUT2D eigenvalue weighted by atomic mass is 16.1. The molecule has 0 radical (unpaired) electrons. The molecule has 8 heteroatoms. The maximum atomic E-state index is 11.9. The van der Waals surface area contributed by atoms with Crippen molar-refractivity contribution in [3.8, 4) is 0 Å². The van der Waals surface area contributed by atoms with Gasteiger partial charge in [0, 0.05) is 17.0 Å². The summed E-state index contributed by atoms with van der Waals surface area (Å²) in [6, 6.07) is 11.1. The monoisotopic (exact) mass is 432 g/mol. The minimum atomic E-state index is -0.720. The molecule has 2 aromatic carbocycles. The Labute approximate surface area is 186 Å². The molecule has 1 heterocycles. The van der Waals surface area contributed by atoms with Crippen LogP contribution < -0.4 is 17.2 Å². The number of fused-ring (bicyclic) bond motifs is 2. The molecule has 2 amide bonds. The summed E-state index contributed by atoms with van der Waals surface area (Å²) in [5, 5.41) is 8.95. The van der Waals surface area contributed by atoms with Gasteiger partial charge in [-0.2, -0.15) is 0 Å². The Kier molecular flexibility index (Phi) is 5.56. The predicted molar refractivity (Wildman–Crippen MR) is 121 cm³/mol. The molecule has 0 bridgehead atoms. The molecule has 3 aromatic rings. The topological polar surface area (TPSA) is 154 Å². The highest BCUT2D eigenvalue weighted by Gasteiger charge is 2.43. The molecule has 166 valence electrons. The van der Waals surface area contributed by atoms with E-state index in [9.17, 15) is 9.59 Å². The molecular weight excluding hydrogens is 404 g/mol. The lowest BCUT2D eigenvalue weighted by atomic mass is 9.69. The number of H-pyrrole nitrogens is 1. The average Bonchev–Trinajstić information content (AvgIpc) is 3.22. The van der Waals surface area contributed by atoms with Crippen LogP contribution in [0.2, 0.25) is 0 Å². The fraction of sp³-hybridized carbons (Fsp3) is 0.333. The van der Waals surface area contributed by atoms with E-state index in [1.807, 2.05) is 38.1 Å². The molecule has 1 aliphatic rings. The highest BCUT2D eigenvalue weighted by molar-refractivity contribution is 5.94. The van der Waals surface area contributed by atoms with E-state index in [1.54, 1.807) is 12.1 Å². The van der Waals surface area contributed by atoms with Gasteiger partial charge in [0.25, 0.3) is 0 Å². The minimum absolute atomic E-state index is 0.172. The Hall–Kier alpha value is -3.52. The Morgan fingerprint density at radius 1 is 0.969 bits per heavy atom. The molecule has 4 rings (SSSR count). The summed E-state index contributed by atoms with van der Waals surface area (Å²) in [7, 11) is 0. The predicted octanol–water partition coefficient (Wildman–Crippen LogP) is 1.91. The van der Waals surface area contributed by atoms with Gasteiger partial charge in [-0.15, -0.1) is 10.2 Å². The molecule has 0 spiro atoms. The number of nitrogens with zero attached hydrogens (tertiary/aromatic N) is 2. The summed E-state index contributed by atoms with van der Waals surface area (Å²) in [5.74, 6) is 0.694. The Morgan fingerprint density at radius 3 is 1.91 bits per heavy atom. The zero-order chi connectivity index (χ0) is 23.0. The van der Waals surface area contributed by atoms with E-state index in [4.69, 9.17) is 17.2 Å². The van der Waals surface area contributed by atoms with E-state index in [-0.39, 0.29) is 5.92 Å². The van der Waals surface area contributed by atoms with E-state index < -0.39 is 17.2 Å². The molecule has 8 nitrogen and oxygen atoms in total. The normalized spacial score (nSPS) is 14.5. The summed E-state index contributed by atoms with van der Waals surface area (Å²) in [4.78, 5) is 27.2. The number of hydrogen-bond acceptors (Lipinski definition) is 5. The Balaban J connectivity index is 2.06. The van der Waals surface area contributed by atoms with E-state index in [2.05, 4.69) is 15.2 Å². The van der Waals surface area contributed by atoms with Crippen LogP contribution in [-0.4, -0.2) is 33.5 Å². The molecule has 0 atom stereocenters. The first-order chi connectivity index (χ1) is 15.3. The maximum Gasteiger partial charge on any atom is 0.248 e. The van der Waals surface area contributed by atoms with Gasteiger partial charge in [-0.25, -0.2) is 0 Å². The first kappa shape index (κ1) is 21.7. The Bertz CT molecular complexity index is 1130. The number of rotatable bonds is 6. The zero-order valence-electron chi connectivity index (χ0n) is 18.3. The molecule has 0 fully saturated rings. The largest absolute Gasteiger partial charge is 0.366 e. The van der Waals surface area contributed by atoms with Crippen molar-refractivity contribution in [3.05, 3.63) is 81.4 Å². The van der Waals surface area contributed by atoms with E-state index in [0.29, 0.717) is 42.8 Å². The number of aryl methyl sites for hydroxylation is 2. The summed E-state index contributed by atoms with van der Waals surface area (Å²) in [6.45, 7) is 4.49. The van der Waals surface area contributed by atoms with Gasteiger partial charge in [0.15, 0.2) is 0 Å². The van der Waals surface area contributed by atoms with Crippen LogP contribution in [0.15, 0.2) is 36.4 Å². The fourth-order valence-corrected chi connectivity index (χ4v) is 4.74. The second-order valence-electron chi connectivity index (χ2n) is 8.63. The molecule has 0 saturated heterocycles. The van der Waals surface area contributed by atoms with Crippen LogP contribution in [0.25, 0.3) is 0 Å². The molecule has 0 aliphatic heterocycles. The van der Waals surface area contributed by atoms with Crippen molar-refractivity contribution in [2.24, 2.45) is 17.2 Å². The van der Waals surface area contributed by atoms with Crippen molar-refractivity contribution >= 4 is 11.8 Å². The third-order valence-corrected chi connectivity index (χ3v) is 6.34. The molecule has 7 N–H and O–H groups in total. The number of primary amides is 2. The molecular formula is C24H28N6O2. The van der Waals surface area contributed by atoms with Gasteiger partial charge < -0.3 is 22.2 Å². The second kappa shape index (κ2) is 8.20. The summed E-state index contributed by atoms with van der Waals surface area (Å²) >= 11 is 0. The van der Waals surface area contributed by atoms with Crippen LogP contribution in [0, 0.1) is 0 Å². The standard InChI is InChI=1S/C24H28N6O2/c1-13(2)22-28-23(30-29-22)24(9-10-25)18-7-5-16(20(26)31)11-14(18)3-4-15-12-17(21(27)32)6-8-19(15)24/h5-8,11-13H,3-4,9-10,25H2,1-2H3,(H2,26,31)(H2,27,32)(H,28,29,30). The lowest BCUT2D eigenvalue weighted by Gasteiger charge is -2.34. The smallest absolute Gasteiger partial charge is 0.248 e. The highest BCUT2D eigenvalue weighted by Crippen LogP contribution is 2.46. The van der Waals surface area contributed by atoms with Gasteiger partial charge in [0.1, 0.15) is 11.6 Å². The number of carbonyl (C=O) groups is 2. The van der Waals surface area contributed by atoms with E-state index in [0.717, 1.165) is 28.1 Å². The van der Waals surface area contributed by atoms with Crippen LogP contribution in [0.5, 0.6) is 0 Å². The fourth-order valence-electron chi connectivity index (χ4n) is 4.74. The lowest BCUT2D eigenvalue weighted by Crippen LogP contribution is -2.35. The summed E-state index contributed by atoms with van der Waals surface area (Å²) in [6.07, 6.45) is 1.90. The van der Waals surface area contributed by atoms with Gasteiger partial charge in [-0.1, -0.05) is 26.0 Å². The average molecular weight is 433 g/mol. The van der Waals surface area contributed by atoms with Crippen molar-refractivity contribution in [2.45, 2.75) is 44.4 Å². The zero-order valence-corrected chi connectivity index (χ0v) is 18.3. The maximum absolute atomic E-state index is 11.9. The number of carbonyl (C=O) groups excluding carboxylic acids is 2. The third kappa shape index (κ3) is 3.46. The summed E-state index contributed by atoms with van der Waals surface area (Å²) in [5.41, 5.74) is 21.5. The van der Waals surface area contributed by atoms with Gasteiger partial charge >= 0.3 is 0 Å². The van der Waals surface area contributed by atoms with Crippen molar-refractivity contribution in [2.75, 3.05) is 6.54 Å². The molecule has 32 heavy (non-hydrogen) atoms. The molecule has 1 aliphatic carbocycles. The van der Waals surface area contributed by atoms with Crippen LogP contribution in [-0.2, 0) is 18.3 Å². The first-order valence-corrected chi connectivity index (χ1v) is 10.8. The van der Waals surface area contributed by atoms with Crippen molar-refractivity contribution in [3.63, 3.8) is 0 Å². The van der Waals surface area contributed by atoms with Crippen molar-refractivity contribution in [1.82, 2.24) is 15.2 Å². The SMILES string of the molecule is CC(C)c1nnc(C2(CCN)c3ccc(C(N)=O)cc3CCc3cc(C(N)=O)ccc32)[nH]1. The van der Waals surface area contributed by atoms with Gasteiger partial charge in [-0.05, 0) is 72.3 Å². The van der Waals surface area contributed by atoms with Crippen LogP contribution in [0.4, 0.5) is 0 Å². The van der Waals surface area contributed by atoms with Gasteiger partial charge in [-0.3, -0.25) is 9.59 Å². The van der Waals surface area contributed by atoms with Gasteiger partial charge in [0.05, 0.1) is 5.41 Å². The number of nitrogens with two attached hydrogens (primary N) is 3. The number of nitrogens with one attached hydrogen (secondary N) is 1. The van der Waals surface area contributed by atoms with E-state index in [1.165, 1.54) is 0 Å². The Morgan fingerprint density at radius 2 is 1.50 bits per heavy atom. The van der Waals surface area contributed by atoms with Crippen LogP contribution >= 0.6 is 0 Å². The molecule has 0 unspecified atom stereocenters. The van der Waals surface area contributed by atoms with Crippen molar-refractivity contribution < 1.29 is 9.59 Å². The second-order valence-corrected chi connectivity index (χ2v) is 8.63. The van der Waals surface area contributed by atoms with Gasteiger partial charge in [0.2, 0.25) is 11.8 Å². The number of aromatic nitrogens is 3.